The van der Waals surface area contributed by atoms with Gasteiger partial charge in [-0.15, -0.1) is 0 Å². The normalized spacial score (nSPS) is 11.3. The minimum atomic E-state index is -2.16. The topological polar surface area (TPSA) is 35.5 Å². The Kier molecular flexibility index (Phi) is 5.16. The molecule has 0 aliphatic carbocycles. The lowest BCUT2D eigenvalue weighted by atomic mass is 10.9. The summed E-state index contributed by atoms with van der Waals surface area (Å²) in [7, 11) is -2.16. The summed E-state index contributed by atoms with van der Waals surface area (Å²) in [6.07, 6.45) is 0. The van der Waals surface area contributed by atoms with Gasteiger partial charge in [-0.3, -0.25) is 4.79 Å². The van der Waals surface area contributed by atoms with Crippen LogP contribution in [-0.4, -0.2) is 21.1 Å². The monoisotopic (exact) mass is 190 g/mol. The minimum Gasteiger partial charge on any atom is -0.494 e. The molecule has 12 heavy (non-hydrogen) atoms. The Morgan fingerprint density at radius 3 is 2.00 bits per heavy atom. The predicted octanol–water partition coefficient (Wildman–Crippen LogP) is 2.07. The number of hydrogen-bond donors (Lipinski definition) is 0. The van der Waals surface area contributed by atoms with E-state index < -0.39 is 8.56 Å². The molecular formula is C8H18O3Si. The maximum atomic E-state index is 10.8. The van der Waals surface area contributed by atoms with Crippen LogP contribution in [0.2, 0.25) is 12.1 Å². The van der Waals surface area contributed by atoms with E-state index in [0.717, 1.165) is 12.1 Å². The smallest absolute Gasteiger partial charge is 0.400 e. The Bertz CT molecular complexity index is 143. The van der Waals surface area contributed by atoms with Gasteiger partial charge in [0.1, 0.15) is 0 Å². The second kappa shape index (κ2) is 5.32. The van der Waals surface area contributed by atoms with E-state index in [2.05, 4.69) is 0 Å². The van der Waals surface area contributed by atoms with Crippen LogP contribution in [0.25, 0.3) is 0 Å². The number of carbonyl (C=O) groups excluding carboxylic acids is 1. The molecular weight excluding hydrogens is 172 g/mol. The van der Waals surface area contributed by atoms with E-state index in [-0.39, 0.29) is 5.97 Å². The van der Waals surface area contributed by atoms with Gasteiger partial charge in [-0.2, -0.15) is 0 Å². The van der Waals surface area contributed by atoms with Gasteiger partial charge in [0, 0.05) is 13.5 Å². The molecule has 0 atom stereocenters. The highest BCUT2D eigenvalue weighted by Crippen LogP contribution is 2.18. The molecule has 0 heterocycles. The standard InChI is InChI=1S/C8H18O3Si/c1-5-10-12(6-2,7-3)11-8(4)9/h5-7H2,1-4H3. The van der Waals surface area contributed by atoms with Crippen LogP contribution in [0.15, 0.2) is 0 Å². The van der Waals surface area contributed by atoms with Gasteiger partial charge in [-0.1, -0.05) is 13.8 Å². The second-order valence-corrected chi connectivity index (χ2v) is 6.37. The molecule has 0 N–H and O–H groups in total. The molecule has 0 aromatic carbocycles. The fraction of sp³-hybridized carbons (Fsp3) is 0.875. The molecule has 0 aliphatic heterocycles. The molecule has 0 fully saturated rings. The third-order valence-electron chi connectivity index (χ3n) is 1.81. The van der Waals surface area contributed by atoms with Crippen molar-refractivity contribution in [3.8, 4) is 0 Å². The van der Waals surface area contributed by atoms with E-state index in [0.29, 0.717) is 6.61 Å². The Balaban J connectivity index is 4.23. The summed E-state index contributed by atoms with van der Waals surface area (Å²) < 4.78 is 10.8. The van der Waals surface area contributed by atoms with E-state index in [1.807, 2.05) is 20.8 Å². The average molecular weight is 190 g/mol. The predicted molar refractivity (Wildman–Crippen MR) is 50.1 cm³/mol. The zero-order chi connectivity index (χ0) is 9.61. The summed E-state index contributed by atoms with van der Waals surface area (Å²) >= 11 is 0. The highest BCUT2D eigenvalue weighted by atomic mass is 28.4. The van der Waals surface area contributed by atoms with Gasteiger partial charge < -0.3 is 8.85 Å². The Labute approximate surface area is 75.3 Å². The molecule has 0 unspecified atom stereocenters. The molecule has 0 spiro atoms. The van der Waals surface area contributed by atoms with Crippen LogP contribution in [0, 0.1) is 0 Å². The van der Waals surface area contributed by atoms with E-state index in [4.69, 9.17) is 8.85 Å². The SMILES string of the molecule is CCO[Si](CC)(CC)OC(C)=O. The summed E-state index contributed by atoms with van der Waals surface area (Å²) in [5.74, 6) is -0.223. The molecule has 0 radical (unpaired) electrons. The van der Waals surface area contributed by atoms with Crippen molar-refractivity contribution < 1.29 is 13.6 Å². The van der Waals surface area contributed by atoms with E-state index in [9.17, 15) is 4.79 Å². The van der Waals surface area contributed by atoms with Crippen LogP contribution >= 0.6 is 0 Å². The summed E-state index contributed by atoms with van der Waals surface area (Å²) in [4.78, 5) is 10.8. The maximum Gasteiger partial charge on any atom is 0.400 e. The molecule has 0 aromatic heterocycles. The van der Waals surface area contributed by atoms with Gasteiger partial charge in [0.05, 0.1) is 0 Å². The summed E-state index contributed by atoms with van der Waals surface area (Å²) in [5.41, 5.74) is 0. The number of hydrogen-bond acceptors (Lipinski definition) is 3. The van der Waals surface area contributed by atoms with Crippen LogP contribution in [0.1, 0.15) is 27.7 Å². The molecule has 0 aliphatic rings. The highest BCUT2D eigenvalue weighted by molar-refractivity contribution is 6.68. The van der Waals surface area contributed by atoms with Crippen molar-refractivity contribution in [1.82, 2.24) is 0 Å². The molecule has 0 rings (SSSR count). The molecule has 0 amide bonds. The van der Waals surface area contributed by atoms with Gasteiger partial charge in [-0.05, 0) is 19.0 Å². The maximum absolute atomic E-state index is 10.8. The van der Waals surface area contributed by atoms with Gasteiger partial charge >= 0.3 is 8.56 Å². The van der Waals surface area contributed by atoms with Crippen molar-refractivity contribution in [2.45, 2.75) is 39.8 Å². The third-order valence-corrected chi connectivity index (χ3v) is 5.44. The fourth-order valence-corrected chi connectivity index (χ4v) is 3.46. The Morgan fingerprint density at radius 1 is 1.25 bits per heavy atom. The van der Waals surface area contributed by atoms with Crippen molar-refractivity contribution in [3.63, 3.8) is 0 Å². The zero-order valence-electron chi connectivity index (χ0n) is 8.35. The van der Waals surface area contributed by atoms with Gasteiger partial charge in [0.15, 0.2) is 0 Å². The molecule has 3 nitrogen and oxygen atoms in total. The van der Waals surface area contributed by atoms with Crippen molar-refractivity contribution in [3.05, 3.63) is 0 Å². The average Bonchev–Trinajstić information content (AvgIpc) is 2.03. The first kappa shape index (κ1) is 11.6. The minimum absolute atomic E-state index is 0.223. The van der Waals surface area contributed by atoms with Gasteiger partial charge in [0.2, 0.25) is 0 Å². The fourth-order valence-electron chi connectivity index (χ4n) is 1.15. The van der Waals surface area contributed by atoms with E-state index in [1.165, 1.54) is 6.92 Å². The number of rotatable bonds is 5. The second-order valence-electron chi connectivity index (χ2n) is 2.64. The summed E-state index contributed by atoms with van der Waals surface area (Å²) in [6, 6.07) is 1.66. The van der Waals surface area contributed by atoms with Crippen LogP contribution < -0.4 is 0 Å². The van der Waals surface area contributed by atoms with Gasteiger partial charge in [-0.25, -0.2) is 0 Å². The zero-order valence-corrected chi connectivity index (χ0v) is 9.35. The van der Waals surface area contributed by atoms with Crippen LogP contribution in [0.4, 0.5) is 0 Å². The number of carbonyl (C=O) groups is 1. The molecule has 0 aromatic rings. The van der Waals surface area contributed by atoms with E-state index >= 15 is 0 Å². The molecule has 72 valence electrons. The van der Waals surface area contributed by atoms with Gasteiger partial charge in [0.25, 0.3) is 5.97 Å². The summed E-state index contributed by atoms with van der Waals surface area (Å²) in [6.45, 7) is 8.01. The van der Waals surface area contributed by atoms with Crippen LogP contribution in [-0.2, 0) is 13.6 Å². The van der Waals surface area contributed by atoms with E-state index in [1.54, 1.807) is 0 Å². The largest absolute Gasteiger partial charge is 0.494 e. The summed E-state index contributed by atoms with van der Waals surface area (Å²) in [5, 5.41) is 0. The lowest BCUT2D eigenvalue weighted by Crippen LogP contribution is -2.42. The first-order valence-electron chi connectivity index (χ1n) is 4.43. The molecule has 0 bridgehead atoms. The lowest BCUT2D eigenvalue weighted by molar-refractivity contribution is -0.134. The molecule has 4 heteroatoms. The van der Waals surface area contributed by atoms with Crippen molar-refractivity contribution in [2.75, 3.05) is 6.61 Å². The molecule has 0 saturated carbocycles. The van der Waals surface area contributed by atoms with Crippen molar-refractivity contribution in [1.29, 1.82) is 0 Å². The lowest BCUT2D eigenvalue weighted by Gasteiger charge is -2.26. The van der Waals surface area contributed by atoms with Crippen LogP contribution in [0.5, 0.6) is 0 Å². The first-order valence-corrected chi connectivity index (χ1v) is 6.66. The third kappa shape index (κ3) is 3.36. The van der Waals surface area contributed by atoms with Crippen molar-refractivity contribution in [2.24, 2.45) is 0 Å². The Morgan fingerprint density at radius 2 is 1.75 bits per heavy atom. The molecule has 0 saturated heterocycles. The first-order chi connectivity index (χ1) is 5.60. The Hall–Kier alpha value is -0.353. The quantitative estimate of drug-likeness (QED) is 0.623. The van der Waals surface area contributed by atoms with Crippen molar-refractivity contribution >= 4 is 14.5 Å². The van der Waals surface area contributed by atoms with Crippen LogP contribution in [0.3, 0.4) is 0 Å². The highest BCUT2D eigenvalue weighted by Gasteiger charge is 2.36.